The van der Waals surface area contributed by atoms with Crippen molar-refractivity contribution >= 4 is 23.1 Å². The molecule has 5 nitrogen and oxygen atoms in total. The first-order valence-corrected chi connectivity index (χ1v) is 6.47. The summed E-state index contributed by atoms with van der Waals surface area (Å²) in [7, 11) is 3.81. The lowest BCUT2D eigenvalue weighted by Crippen LogP contribution is -2.20. The molecule has 0 spiro atoms. The molecule has 2 heterocycles. The molecular formula is C10H14ClN5S. The lowest BCUT2D eigenvalue weighted by atomic mass is 10.1. The zero-order valence-electron chi connectivity index (χ0n) is 9.94. The van der Waals surface area contributed by atoms with Crippen molar-refractivity contribution < 1.29 is 0 Å². The molecule has 1 unspecified atom stereocenters. The monoisotopic (exact) mass is 271 g/mol. The predicted molar refractivity (Wildman–Crippen MR) is 68.4 cm³/mol. The van der Waals surface area contributed by atoms with E-state index < -0.39 is 0 Å². The van der Waals surface area contributed by atoms with Gasteiger partial charge in [-0.1, -0.05) is 16.1 Å². The van der Waals surface area contributed by atoms with Crippen LogP contribution >= 0.6 is 23.1 Å². The van der Waals surface area contributed by atoms with Gasteiger partial charge in [0.2, 0.25) is 0 Å². The summed E-state index contributed by atoms with van der Waals surface area (Å²) >= 11 is 7.58. The van der Waals surface area contributed by atoms with E-state index in [0.717, 1.165) is 28.5 Å². The molecule has 0 aromatic carbocycles. The summed E-state index contributed by atoms with van der Waals surface area (Å²) in [5.74, 6) is 0. The van der Waals surface area contributed by atoms with Gasteiger partial charge >= 0.3 is 0 Å². The SMILES string of the molecule is CNC(Cc1c(Cl)c(C)nn1C)c1csnn1. The zero-order valence-corrected chi connectivity index (χ0v) is 11.5. The van der Waals surface area contributed by atoms with Crippen molar-refractivity contribution in [3.05, 3.63) is 27.5 Å². The minimum Gasteiger partial charge on any atom is -0.311 e. The average Bonchev–Trinajstić information content (AvgIpc) is 2.89. The molecule has 0 aliphatic carbocycles. The molecule has 2 aromatic rings. The number of hydrogen-bond donors (Lipinski definition) is 1. The van der Waals surface area contributed by atoms with Gasteiger partial charge in [-0.05, 0) is 25.5 Å². The van der Waals surface area contributed by atoms with Crippen molar-refractivity contribution in [3.63, 3.8) is 0 Å². The molecule has 0 fully saturated rings. The fourth-order valence-electron chi connectivity index (χ4n) is 1.77. The van der Waals surface area contributed by atoms with Crippen LogP contribution in [-0.4, -0.2) is 26.4 Å². The normalized spacial score (nSPS) is 12.9. The summed E-state index contributed by atoms with van der Waals surface area (Å²) in [5.41, 5.74) is 2.80. The Labute approximate surface area is 109 Å². The fraction of sp³-hybridized carbons (Fsp3) is 0.500. The maximum absolute atomic E-state index is 6.23. The van der Waals surface area contributed by atoms with Crippen LogP contribution in [0.3, 0.4) is 0 Å². The molecule has 2 aromatic heterocycles. The largest absolute Gasteiger partial charge is 0.311 e. The molecular weight excluding hydrogens is 258 g/mol. The molecule has 0 radical (unpaired) electrons. The molecule has 1 atom stereocenters. The van der Waals surface area contributed by atoms with Crippen LogP contribution in [0.15, 0.2) is 5.38 Å². The maximum atomic E-state index is 6.23. The first-order valence-electron chi connectivity index (χ1n) is 5.25. The number of aromatic nitrogens is 4. The summed E-state index contributed by atoms with van der Waals surface area (Å²) in [5, 5.41) is 14.3. The Hall–Kier alpha value is -0.980. The van der Waals surface area contributed by atoms with Crippen LogP contribution < -0.4 is 5.32 Å². The van der Waals surface area contributed by atoms with Crippen LogP contribution in [0.2, 0.25) is 5.02 Å². The van der Waals surface area contributed by atoms with E-state index in [1.54, 1.807) is 0 Å². The first kappa shape index (κ1) is 12.5. The van der Waals surface area contributed by atoms with Gasteiger partial charge in [-0.3, -0.25) is 4.68 Å². The molecule has 0 saturated carbocycles. The number of likely N-dealkylation sites (N-methyl/N-ethyl adjacent to an activating group) is 1. The Bertz CT molecular complexity index is 493. The first-order chi connectivity index (χ1) is 8.13. The van der Waals surface area contributed by atoms with E-state index in [4.69, 9.17) is 11.6 Å². The third-order valence-corrected chi connectivity index (χ3v) is 3.76. The molecule has 7 heteroatoms. The van der Waals surface area contributed by atoms with Crippen molar-refractivity contribution in [2.45, 2.75) is 19.4 Å². The minimum absolute atomic E-state index is 0.112. The predicted octanol–water partition coefficient (Wildman–Crippen LogP) is 1.74. The van der Waals surface area contributed by atoms with Gasteiger partial charge < -0.3 is 5.32 Å². The Balaban J connectivity index is 2.24. The highest BCUT2D eigenvalue weighted by molar-refractivity contribution is 7.03. The van der Waals surface area contributed by atoms with Gasteiger partial charge in [0, 0.05) is 18.8 Å². The van der Waals surface area contributed by atoms with Crippen LogP contribution in [0.5, 0.6) is 0 Å². The molecule has 0 saturated heterocycles. The molecule has 0 amide bonds. The van der Waals surface area contributed by atoms with Crippen LogP contribution in [0, 0.1) is 6.92 Å². The van der Waals surface area contributed by atoms with E-state index in [1.807, 2.05) is 31.1 Å². The second-order valence-electron chi connectivity index (χ2n) is 3.84. The summed E-state index contributed by atoms with van der Waals surface area (Å²) in [6.45, 7) is 1.91. The number of halogens is 1. The minimum atomic E-state index is 0.112. The second-order valence-corrected chi connectivity index (χ2v) is 4.83. The van der Waals surface area contributed by atoms with E-state index in [2.05, 4.69) is 20.0 Å². The quantitative estimate of drug-likeness (QED) is 0.920. The fourth-order valence-corrected chi connectivity index (χ4v) is 2.52. The Morgan fingerprint density at radius 1 is 1.59 bits per heavy atom. The van der Waals surface area contributed by atoms with E-state index in [1.165, 1.54) is 11.5 Å². The maximum Gasteiger partial charge on any atom is 0.0928 e. The van der Waals surface area contributed by atoms with E-state index in [-0.39, 0.29) is 6.04 Å². The zero-order chi connectivity index (χ0) is 12.4. The van der Waals surface area contributed by atoms with Crippen molar-refractivity contribution in [1.29, 1.82) is 0 Å². The molecule has 0 bridgehead atoms. The Morgan fingerprint density at radius 2 is 2.35 bits per heavy atom. The summed E-state index contributed by atoms with van der Waals surface area (Å²) in [6.07, 6.45) is 0.748. The molecule has 92 valence electrons. The highest BCUT2D eigenvalue weighted by atomic mass is 35.5. The number of nitrogens with one attached hydrogen (secondary N) is 1. The number of rotatable bonds is 4. The molecule has 0 aliphatic rings. The van der Waals surface area contributed by atoms with Gasteiger partial charge in [0.25, 0.3) is 0 Å². The highest BCUT2D eigenvalue weighted by Crippen LogP contribution is 2.24. The second kappa shape index (κ2) is 5.12. The van der Waals surface area contributed by atoms with Crippen LogP contribution in [-0.2, 0) is 13.5 Å². The Morgan fingerprint density at radius 3 is 2.82 bits per heavy atom. The molecule has 2 rings (SSSR count). The number of aryl methyl sites for hydroxylation is 2. The van der Waals surface area contributed by atoms with Crippen molar-refractivity contribution in [3.8, 4) is 0 Å². The smallest absolute Gasteiger partial charge is 0.0928 e. The van der Waals surface area contributed by atoms with Gasteiger partial charge in [0.1, 0.15) is 0 Å². The lowest BCUT2D eigenvalue weighted by Gasteiger charge is -2.13. The van der Waals surface area contributed by atoms with Crippen LogP contribution in [0.4, 0.5) is 0 Å². The van der Waals surface area contributed by atoms with Gasteiger partial charge in [-0.15, -0.1) is 5.10 Å². The van der Waals surface area contributed by atoms with Crippen molar-refractivity contribution in [1.82, 2.24) is 24.7 Å². The van der Waals surface area contributed by atoms with E-state index >= 15 is 0 Å². The van der Waals surface area contributed by atoms with Gasteiger partial charge in [-0.2, -0.15) is 5.10 Å². The number of hydrogen-bond acceptors (Lipinski definition) is 5. The van der Waals surface area contributed by atoms with E-state index in [0.29, 0.717) is 0 Å². The van der Waals surface area contributed by atoms with Crippen molar-refractivity contribution in [2.75, 3.05) is 7.05 Å². The average molecular weight is 272 g/mol. The lowest BCUT2D eigenvalue weighted by molar-refractivity contribution is 0.548. The molecule has 0 aliphatic heterocycles. The van der Waals surface area contributed by atoms with Crippen LogP contribution in [0.1, 0.15) is 23.1 Å². The Kier molecular flexibility index (Phi) is 3.76. The summed E-state index contributed by atoms with van der Waals surface area (Å²) < 4.78 is 5.70. The third kappa shape index (κ3) is 2.48. The molecule has 1 N–H and O–H groups in total. The van der Waals surface area contributed by atoms with Gasteiger partial charge in [0.05, 0.1) is 28.1 Å². The number of nitrogens with zero attached hydrogens (tertiary/aromatic N) is 4. The highest BCUT2D eigenvalue weighted by Gasteiger charge is 2.18. The topological polar surface area (TPSA) is 55.6 Å². The summed E-state index contributed by atoms with van der Waals surface area (Å²) in [6, 6.07) is 0.112. The summed E-state index contributed by atoms with van der Waals surface area (Å²) in [4.78, 5) is 0. The standard InChI is InChI=1S/C10H14ClN5S/c1-6-10(11)9(16(3)14-6)4-7(12-2)8-5-17-15-13-8/h5,7,12H,4H2,1-3H3. The van der Waals surface area contributed by atoms with Crippen molar-refractivity contribution in [2.24, 2.45) is 7.05 Å². The van der Waals surface area contributed by atoms with Crippen LogP contribution in [0.25, 0.3) is 0 Å². The van der Waals surface area contributed by atoms with E-state index in [9.17, 15) is 0 Å². The third-order valence-electron chi connectivity index (χ3n) is 2.74. The van der Waals surface area contributed by atoms with Gasteiger partial charge in [-0.25, -0.2) is 0 Å². The van der Waals surface area contributed by atoms with Gasteiger partial charge in [0.15, 0.2) is 0 Å². The molecule has 17 heavy (non-hydrogen) atoms.